The van der Waals surface area contributed by atoms with Crippen LogP contribution >= 0.6 is 15.9 Å². The number of carbonyl (C=O) groups excluding carboxylic acids is 1. The van der Waals surface area contributed by atoms with Gasteiger partial charge >= 0.3 is 0 Å². The maximum Gasteiger partial charge on any atom is 0.257 e. The van der Waals surface area contributed by atoms with Crippen LogP contribution in [0.2, 0.25) is 0 Å². The van der Waals surface area contributed by atoms with Crippen LogP contribution in [0.25, 0.3) is 0 Å². The molecule has 0 bridgehead atoms. The fourth-order valence-corrected chi connectivity index (χ4v) is 2.50. The van der Waals surface area contributed by atoms with E-state index in [1.807, 2.05) is 13.8 Å². The third kappa shape index (κ3) is 3.70. The minimum atomic E-state index is -0.318. The molecule has 0 aliphatic rings. The van der Waals surface area contributed by atoms with E-state index in [9.17, 15) is 9.59 Å². The van der Waals surface area contributed by atoms with Crippen molar-refractivity contribution in [3.8, 4) is 0 Å². The molecule has 1 aromatic heterocycles. The zero-order valence-electron chi connectivity index (χ0n) is 11.0. The van der Waals surface area contributed by atoms with E-state index in [2.05, 4.69) is 26.2 Å². The summed E-state index contributed by atoms with van der Waals surface area (Å²) in [5.41, 5.74) is 0.365. The fourth-order valence-electron chi connectivity index (χ4n) is 1.63. The Morgan fingerprint density at radius 3 is 2.72 bits per heavy atom. The molecular weight excluding hydrogens is 296 g/mol. The summed E-state index contributed by atoms with van der Waals surface area (Å²) in [6.45, 7) is 5.78. The Hall–Kier alpha value is -1.10. The largest absolute Gasteiger partial charge is 0.364 e. The molecule has 1 unspecified atom stereocenters. The molecule has 0 aromatic carbocycles. The van der Waals surface area contributed by atoms with Gasteiger partial charge in [0.25, 0.3) is 5.91 Å². The predicted octanol–water partition coefficient (Wildman–Crippen LogP) is 2.37. The van der Waals surface area contributed by atoms with E-state index in [0.29, 0.717) is 0 Å². The summed E-state index contributed by atoms with van der Waals surface area (Å²) < 4.78 is 0. The summed E-state index contributed by atoms with van der Waals surface area (Å²) in [6, 6.07) is 1.43. The van der Waals surface area contributed by atoms with Crippen molar-refractivity contribution < 1.29 is 4.79 Å². The number of halogens is 1. The highest BCUT2D eigenvalue weighted by molar-refractivity contribution is 9.09. The first kappa shape index (κ1) is 15.0. The van der Waals surface area contributed by atoms with Gasteiger partial charge in [-0.05, 0) is 26.7 Å². The normalized spacial score (nSPS) is 14.0. The number of nitrogens with one attached hydrogen (secondary N) is 2. The minimum absolute atomic E-state index is 0.162. The van der Waals surface area contributed by atoms with Gasteiger partial charge in [-0.1, -0.05) is 22.9 Å². The van der Waals surface area contributed by atoms with Gasteiger partial charge in [0.05, 0.1) is 0 Å². The van der Waals surface area contributed by atoms with Crippen LogP contribution < -0.4 is 10.7 Å². The molecule has 0 radical (unpaired) electrons. The number of aromatic nitrogens is 1. The monoisotopic (exact) mass is 314 g/mol. The number of pyridine rings is 1. The molecule has 0 fully saturated rings. The molecule has 0 saturated heterocycles. The van der Waals surface area contributed by atoms with Gasteiger partial charge in [-0.25, -0.2) is 0 Å². The molecular formula is C13H19BrN2O2. The van der Waals surface area contributed by atoms with Crippen molar-refractivity contribution in [2.45, 2.75) is 39.2 Å². The maximum absolute atomic E-state index is 12.1. The lowest BCUT2D eigenvalue weighted by molar-refractivity contribution is 0.0900. The van der Waals surface area contributed by atoms with Crippen LogP contribution in [0.4, 0.5) is 0 Å². The standard InChI is InChI=1S/C13H19BrN2O2/c1-4-13(3,5-6-14)16-12(18)10-8-15-9(2)7-11(10)17/h7-8H,4-6H2,1-3H3,(H,15,17)(H,16,18). The van der Waals surface area contributed by atoms with Crippen molar-refractivity contribution in [3.63, 3.8) is 0 Å². The fraction of sp³-hybridized carbons (Fsp3) is 0.538. The molecule has 0 saturated carbocycles. The molecule has 1 heterocycles. The van der Waals surface area contributed by atoms with Crippen LogP contribution in [-0.4, -0.2) is 21.8 Å². The van der Waals surface area contributed by atoms with Gasteiger partial charge in [0.15, 0.2) is 5.43 Å². The zero-order valence-corrected chi connectivity index (χ0v) is 12.6. The van der Waals surface area contributed by atoms with Crippen LogP contribution in [0.5, 0.6) is 0 Å². The third-order valence-electron chi connectivity index (χ3n) is 3.14. The second-order valence-corrected chi connectivity index (χ2v) is 5.49. The highest BCUT2D eigenvalue weighted by atomic mass is 79.9. The van der Waals surface area contributed by atoms with Gasteiger partial charge in [-0.3, -0.25) is 9.59 Å². The van der Waals surface area contributed by atoms with Gasteiger partial charge in [-0.2, -0.15) is 0 Å². The van der Waals surface area contributed by atoms with Crippen LogP contribution in [0.3, 0.4) is 0 Å². The highest BCUT2D eigenvalue weighted by Crippen LogP contribution is 2.16. The average molecular weight is 315 g/mol. The van der Waals surface area contributed by atoms with Gasteiger partial charge in [-0.15, -0.1) is 0 Å². The number of carbonyl (C=O) groups is 1. The molecule has 4 nitrogen and oxygen atoms in total. The lowest BCUT2D eigenvalue weighted by Crippen LogP contribution is -2.47. The van der Waals surface area contributed by atoms with E-state index >= 15 is 0 Å². The van der Waals surface area contributed by atoms with E-state index in [-0.39, 0.29) is 22.4 Å². The molecule has 1 rings (SSSR count). The van der Waals surface area contributed by atoms with Gasteiger partial charge < -0.3 is 10.3 Å². The van der Waals surface area contributed by atoms with Crippen LogP contribution in [0, 0.1) is 6.92 Å². The van der Waals surface area contributed by atoms with Gasteiger partial charge in [0, 0.05) is 28.8 Å². The highest BCUT2D eigenvalue weighted by Gasteiger charge is 2.25. The first-order chi connectivity index (χ1) is 8.41. The predicted molar refractivity (Wildman–Crippen MR) is 76.4 cm³/mol. The number of aryl methyl sites for hydroxylation is 1. The van der Waals surface area contributed by atoms with Crippen LogP contribution in [0.1, 0.15) is 42.7 Å². The first-order valence-corrected chi connectivity index (χ1v) is 7.12. The maximum atomic E-state index is 12.1. The SMILES string of the molecule is CCC(C)(CCBr)NC(=O)c1c[nH]c(C)cc1=O. The minimum Gasteiger partial charge on any atom is -0.364 e. The quantitative estimate of drug-likeness (QED) is 0.820. The first-order valence-electron chi connectivity index (χ1n) is 5.99. The Bertz CT molecular complexity index is 484. The topological polar surface area (TPSA) is 62.0 Å². The van der Waals surface area contributed by atoms with Crippen LogP contribution in [-0.2, 0) is 0 Å². The summed E-state index contributed by atoms with van der Waals surface area (Å²) in [5.74, 6) is -0.318. The number of aromatic amines is 1. The summed E-state index contributed by atoms with van der Waals surface area (Å²) >= 11 is 3.38. The van der Waals surface area contributed by atoms with Crippen molar-refractivity contribution in [2.24, 2.45) is 0 Å². The van der Waals surface area contributed by atoms with E-state index in [0.717, 1.165) is 23.9 Å². The van der Waals surface area contributed by atoms with E-state index in [4.69, 9.17) is 0 Å². The summed E-state index contributed by atoms with van der Waals surface area (Å²) in [4.78, 5) is 26.7. The summed E-state index contributed by atoms with van der Waals surface area (Å²) in [6.07, 6.45) is 3.10. The second kappa shape index (κ2) is 6.18. The molecule has 2 N–H and O–H groups in total. The summed E-state index contributed by atoms with van der Waals surface area (Å²) in [7, 11) is 0. The molecule has 18 heavy (non-hydrogen) atoms. The van der Waals surface area contributed by atoms with Crippen LogP contribution in [0.15, 0.2) is 17.1 Å². The van der Waals surface area contributed by atoms with Crippen molar-refractivity contribution in [1.29, 1.82) is 0 Å². The second-order valence-electron chi connectivity index (χ2n) is 4.70. The van der Waals surface area contributed by atoms with Crippen molar-refractivity contribution in [1.82, 2.24) is 10.3 Å². The number of hydrogen-bond donors (Lipinski definition) is 2. The molecule has 0 aliphatic carbocycles. The Kier molecular flexibility index (Phi) is 5.14. The van der Waals surface area contributed by atoms with Gasteiger partial charge in [0.2, 0.25) is 0 Å². The number of H-pyrrole nitrogens is 1. The van der Waals surface area contributed by atoms with E-state index in [1.54, 1.807) is 6.92 Å². The average Bonchev–Trinajstić information content (AvgIpc) is 2.28. The smallest absolute Gasteiger partial charge is 0.257 e. The number of hydrogen-bond acceptors (Lipinski definition) is 2. The van der Waals surface area contributed by atoms with E-state index < -0.39 is 0 Å². The summed E-state index contributed by atoms with van der Waals surface area (Å²) in [5, 5.41) is 3.74. The number of rotatable bonds is 5. The van der Waals surface area contributed by atoms with Crippen molar-refractivity contribution in [2.75, 3.05) is 5.33 Å². The number of amides is 1. The van der Waals surface area contributed by atoms with Gasteiger partial charge in [0.1, 0.15) is 5.56 Å². The van der Waals surface area contributed by atoms with Crippen molar-refractivity contribution >= 4 is 21.8 Å². The Labute approximate surface area is 115 Å². The molecule has 5 heteroatoms. The lowest BCUT2D eigenvalue weighted by atomic mass is 9.95. The molecule has 100 valence electrons. The van der Waals surface area contributed by atoms with E-state index in [1.165, 1.54) is 12.3 Å². The molecule has 1 aromatic rings. The number of alkyl halides is 1. The zero-order chi connectivity index (χ0) is 13.8. The Morgan fingerprint density at radius 2 is 2.22 bits per heavy atom. The van der Waals surface area contributed by atoms with Crippen molar-refractivity contribution in [3.05, 3.63) is 33.7 Å². The lowest BCUT2D eigenvalue weighted by Gasteiger charge is -2.28. The molecule has 0 aliphatic heterocycles. The molecule has 1 amide bonds. The Balaban J connectivity index is 2.91. The molecule has 1 atom stereocenters. The molecule has 0 spiro atoms. The Morgan fingerprint density at radius 1 is 1.56 bits per heavy atom. The third-order valence-corrected chi connectivity index (χ3v) is 3.54.